The lowest BCUT2D eigenvalue weighted by molar-refractivity contribution is -0.386. The largest absolute Gasteiger partial charge is 0.484 e. The van der Waals surface area contributed by atoms with Crippen LogP contribution in [0.25, 0.3) is 0 Å². The third-order valence-electron chi connectivity index (χ3n) is 2.28. The average Bonchev–Trinajstić information content (AvgIpc) is 2.24. The summed E-state index contributed by atoms with van der Waals surface area (Å²) < 4.78 is 5.82. The van der Waals surface area contributed by atoms with Crippen molar-refractivity contribution in [1.29, 1.82) is 0 Å². The van der Waals surface area contributed by atoms with E-state index >= 15 is 0 Å². The second-order valence-electron chi connectivity index (χ2n) is 4.88. The van der Waals surface area contributed by atoms with Gasteiger partial charge in [0.25, 0.3) is 0 Å². The van der Waals surface area contributed by atoms with Crippen molar-refractivity contribution in [1.82, 2.24) is 0 Å². The summed E-state index contributed by atoms with van der Waals surface area (Å²) in [6.07, 6.45) is -0.923. The number of nitrogens with zero attached hydrogens (tertiary/aromatic N) is 1. The lowest BCUT2D eigenvalue weighted by Gasteiger charge is -2.20. The molecular formula is C12H16BrNO5. The van der Waals surface area contributed by atoms with Gasteiger partial charge in [-0.15, -0.1) is 0 Å². The van der Waals surface area contributed by atoms with E-state index < -0.39 is 16.6 Å². The predicted molar refractivity (Wildman–Crippen MR) is 73.2 cm³/mol. The van der Waals surface area contributed by atoms with E-state index in [2.05, 4.69) is 15.9 Å². The number of hydrogen-bond acceptors (Lipinski definition) is 5. The van der Waals surface area contributed by atoms with Crippen molar-refractivity contribution in [2.24, 2.45) is 0 Å². The zero-order valence-electron chi connectivity index (χ0n) is 10.9. The van der Waals surface area contributed by atoms with Crippen LogP contribution in [0.4, 0.5) is 5.69 Å². The Hall–Kier alpha value is -1.18. The van der Waals surface area contributed by atoms with Crippen molar-refractivity contribution in [2.45, 2.75) is 32.5 Å². The van der Waals surface area contributed by atoms with E-state index in [9.17, 15) is 20.3 Å². The molecule has 0 aromatic heterocycles. The van der Waals surface area contributed by atoms with Crippen molar-refractivity contribution < 1.29 is 19.9 Å². The van der Waals surface area contributed by atoms with Crippen LogP contribution in [0.5, 0.6) is 5.75 Å². The van der Waals surface area contributed by atoms with E-state index in [4.69, 9.17) is 4.74 Å². The molecule has 1 atom stereocenters. The molecule has 0 radical (unpaired) electrons. The lowest BCUT2D eigenvalue weighted by Crippen LogP contribution is -2.28. The van der Waals surface area contributed by atoms with Crippen LogP contribution in [0.2, 0.25) is 0 Å². The Labute approximate surface area is 119 Å². The summed E-state index contributed by atoms with van der Waals surface area (Å²) >= 11 is 3.15. The van der Waals surface area contributed by atoms with Crippen molar-refractivity contribution in [3.63, 3.8) is 0 Å². The van der Waals surface area contributed by atoms with Gasteiger partial charge in [-0.2, -0.15) is 0 Å². The molecule has 106 valence electrons. The van der Waals surface area contributed by atoms with Gasteiger partial charge in [-0.25, -0.2) is 0 Å². The van der Waals surface area contributed by atoms with E-state index in [-0.39, 0.29) is 18.0 Å². The number of benzene rings is 1. The second-order valence-corrected chi connectivity index (χ2v) is 5.79. The standard InChI is InChI=1S/C12H16BrNO5/c1-7(15)9-4-8(13)5-10(14(17)18)11(9)19-6-12(2,3)16/h4-5,7,15-16H,6H2,1-3H3. The summed E-state index contributed by atoms with van der Waals surface area (Å²) in [5, 5.41) is 30.3. The van der Waals surface area contributed by atoms with E-state index in [0.717, 1.165) is 0 Å². The predicted octanol–water partition coefficient (Wildman–Crippen LogP) is 2.56. The van der Waals surface area contributed by atoms with Crippen LogP contribution < -0.4 is 4.74 Å². The van der Waals surface area contributed by atoms with E-state index in [1.807, 2.05) is 0 Å². The van der Waals surface area contributed by atoms with Gasteiger partial charge in [0.05, 0.1) is 16.6 Å². The Morgan fingerprint density at radius 1 is 1.53 bits per heavy atom. The topological polar surface area (TPSA) is 92.8 Å². The summed E-state index contributed by atoms with van der Waals surface area (Å²) in [6, 6.07) is 2.85. The quantitative estimate of drug-likeness (QED) is 0.638. The SMILES string of the molecule is CC(O)c1cc(Br)cc([N+](=O)[O-])c1OCC(C)(C)O. The minimum atomic E-state index is -1.13. The summed E-state index contributed by atoms with van der Waals surface area (Å²) in [6.45, 7) is 4.43. The highest BCUT2D eigenvalue weighted by Crippen LogP contribution is 2.38. The number of halogens is 1. The number of rotatable bonds is 5. The Kier molecular flexibility index (Phi) is 4.89. The third kappa shape index (κ3) is 4.45. The highest BCUT2D eigenvalue weighted by atomic mass is 79.9. The molecule has 0 heterocycles. The normalized spacial score (nSPS) is 13.2. The molecule has 0 saturated heterocycles. The molecule has 0 bridgehead atoms. The highest BCUT2D eigenvalue weighted by molar-refractivity contribution is 9.10. The number of nitro groups is 1. The van der Waals surface area contributed by atoms with E-state index in [1.54, 1.807) is 6.07 Å². The third-order valence-corrected chi connectivity index (χ3v) is 2.74. The van der Waals surface area contributed by atoms with Crippen LogP contribution in [0.1, 0.15) is 32.4 Å². The van der Waals surface area contributed by atoms with Gasteiger partial charge in [-0.3, -0.25) is 10.1 Å². The Balaban J connectivity index is 3.27. The first-order valence-electron chi connectivity index (χ1n) is 5.63. The lowest BCUT2D eigenvalue weighted by atomic mass is 10.1. The summed E-state index contributed by atoms with van der Waals surface area (Å²) in [4.78, 5) is 10.4. The monoisotopic (exact) mass is 333 g/mol. The van der Waals surface area contributed by atoms with Crippen LogP contribution in [-0.4, -0.2) is 27.3 Å². The molecule has 0 aliphatic heterocycles. The first-order valence-corrected chi connectivity index (χ1v) is 6.42. The van der Waals surface area contributed by atoms with Gasteiger partial charge in [-0.05, 0) is 26.8 Å². The fraction of sp³-hybridized carbons (Fsp3) is 0.500. The van der Waals surface area contributed by atoms with Gasteiger partial charge in [-0.1, -0.05) is 15.9 Å². The number of aliphatic hydroxyl groups excluding tert-OH is 1. The fourth-order valence-corrected chi connectivity index (χ4v) is 1.92. The summed E-state index contributed by atoms with van der Waals surface area (Å²) in [7, 11) is 0. The van der Waals surface area contributed by atoms with Crippen LogP contribution in [0, 0.1) is 10.1 Å². The maximum Gasteiger partial charge on any atom is 0.312 e. The van der Waals surface area contributed by atoms with Gasteiger partial charge < -0.3 is 14.9 Å². The Bertz CT molecular complexity index is 482. The molecular weight excluding hydrogens is 318 g/mol. The fourth-order valence-electron chi connectivity index (χ4n) is 1.45. The molecule has 0 fully saturated rings. The first kappa shape index (κ1) is 15.9. The van der Waals surface area contributed by atoms with Gasteiger partial charge in [0.1, 0.15) is 6.61 Å². The highest BCUT2D eigenvalue weighted by Gasteiger charge is 2.25. The van der Waals surface area contributed by atoms with Crippen LogP contribution >= 0.6 is 15.9 Å². The molecule has 0 amide bonds. The van der Waals surface area contributed by atoms with Crippen LogP contribution in [-0.2, 0) is 0 Å². The van der Waals surface area contributed by atoms with Crippen LogP contribution in [0.15, 0.2) is 16.6 Å². The van der Waals surface area contributed by atoms with Crippen LogP contribution in [0.3, 0.4) is 0 Å². The van der Waals surface area contributed by atoms with Crippen molar-refractivity contribution in [2.75, 3.05) is 6.61 Å². The maximum absolute atomic E-state index is 11.0. The summed E-state index contributed by atoms with van der Waals surface area (Å²) in [5.74, 6) is -0.0228. The second kappa shape index (κ2) is 5.85. The Morgan fingerprint density at radius 2 is 2.11 bits per heavy atom. The molecule has 1 aromatic rings. The molecule has 1 aromatic carbocycles. The van der Waals surface area contributed by atoms with Crippen molar-refractivity contribution in [3.8, 4) is 5.75 Å². The minimum absolute atomic E-state index is 0.0228. The number of aliphatic hydroxyl groups is 2. The Morgan fingerprint density at radius 3 is 2.53 bits per heavy atom. The van der Waals surface area contributed by atoms with Gasteiger partial charge in [0.15, 0.2) is 0 Å². The molecule has 7 heteroatoms. The summed E-state index contributed by atoms with van der Waals surface area (Å²) in [5.41, 5.74) is -1.09. The first-order chi connectivity index (χ1) is 8.61. The average molecular weight is 334 g/mol. The molecule has 0 aliphatic rings. The van der Waals surface area contributed by atoms with Crippen molar-refractivity contribution >= 4 is 21.6 Å². The number of hydrogen-bond donors (Lipinski definition) is 2. The molecule has 6 nitrogen and oxygen atoms in total. The molecule has 1 unspecified atom stereocenters. The van der Waals surface area contributed by atoms with Gasteiger partial charge >= 0.3 is 5.69 Å². The molecule has 0 saturated carbocycles. The van der Waals surface area contributed by atoms with E-state index in [1.165, 1.54) is 26.8 Å². The molecule has 19 heavy (non-hydrogen) atoms. The van der Waals surface area contributed by atoms with Gasteiger partial charge in [0, 0.05) is 16.1 Å². The minimum Gasteiger partial charge on any atom is -0.484 e. The maximum atomic E-state index is 11.0. The number of ether oxygens (including phenoxy) is 1. The molecule has 1 rings (SSSR count). The molecule has 0 aliphatic carbocycles. The smallest absolute Gasteiger partial charge is 0.312 e. The van der Waals surface area contributed by atoms with Gasteiger partial charge in [0.2, 0.25) is 5.75 Å². The van der Waals surface area contributed by atoms with Crippen molar-refractivity contribution in [3.05, 3.63) is 32.3 Å². The molecule has 2 N–H and O–H groups in total. The molecule has 0 spiro atoms. The zero-order chi connectivity index (χ0) is 14.8. The van der Waals surface area contributed by atoms with E-state index in [0.29, 0.717) is 10.0 Å². The number of nitro benzene ring substituents is 1. The zero-order valence-corrected chi connectivity index (χ0v) is 12.5.